The topological polar surface area (TPSA) is 70.6 Å². The number of sulfone groups is 1. The van der Waals surface area contributed by atoms with E-state index in [2.05, 4.69) is 10.6 Å². The Morgan fingerprint density at radius 3 is 2.58 bits per heavy atom. The van der Waals surface area contributed by atoms with Gasteiger partial charge in [-0.15, -0.1) is 0 Å². The molecule has 0 amide bonds. The van der Waals surface area contributed by atoms with Gasteiger partial charge in [0, 0.05) is 24.4 Å². The van der Waals surface area contributed by atoms with Gasteiger partial charge in [-0.25, -0.2) is 8.42 Å². The molecule has 0 aromatic heterocycles. The van der Waals surface area contributed by atoms with Gasteiger partial charge in [0.2, 0.25) is 0 Å². The van der Waals surface area contributed by atoms with Gasteiger partial charge in [0.1, 0.15) is 0 Å². The number of hydrogen-bond donors (Lipinski definition) is 2. The van der Waals surface area contributed by atoms with E-state index in [0.29, 0.717) is 29.3 Å². The lowest BCUT2D eigenvalue weighted by molar-refractivity contribution is 0.409. The Morgan fingerprint density at radius 2 is 1.92 bits per heavy atom. The molecule has 5 nitrogen and oxygen atoms in total. The second-order valence-corrected chi connectivity index (χ2v) is 11.1. The number of nitrogens with zero attached hydrogens (tertiary/aromatic N) is 1. The maximum Gasteiger partial charge on any atom is 0.191 e. The Labute approximate surface area is 150 Å². The lowest BCUT2D eigenvalue weighted by Gasteiger charge is -2.26. The van der Waals surface area contributed by atoms with Crippen molar-refractivity contribution in [3.05, 3.63) is 0 Å². The van der Waals surface area contributed by atoms with Crippen molar-refractivity contribution in [1.29, 1.82) is 0 Å². The molecule has 7 heteroatoms. The fourth-order valence-electron chi connectivity index (χ4n) is 3.85. The van der Waals surface area contributed by atoms with Crippen molar-refractivity contribution >= 4 is 27.6 Å². The highest BCUT2D eigenvalue weighted by molar-refractivity contribution is 8.00. The van der Waals surface area contributed by atoms with Crippen LogP contribution in [-0.4, -0.2) is 56.0 Å². The highest BCUT2D eigenvalue weighted by Crippen LogP contribution is 2.25. The van der Waals surface area contributed by atoms with E-state index in [4.69, 9.17) is 4.99 Å². The van der Waals surface area contributed by atoms with Crippen LogP contribution in [0.2, 0.25) is 0 Å². The fourth-order valence-corrected chi connectivity index (χ4v) is 6.90. The molecule has 0 aromatic carbocycles. The molecule has 2 saturated heterocycles. The van der Waals surface area contributed by atoms with Crippen LogP contribution in [-0.2, 0) is 9.84 Å². The van der Waals surface area contributed by atoms with Gasteiger partial charge < -0.3 is 10.6 Å². The molecule has 0 aromatic rings. The fraction of sp³-hybridized carbons (Fsp3) is 0.941. The summed E-state index contributed by atoms with van der Waals surface area (Å²) in [6.07, 6.45) is 9.74. The van der Waals surface area contributed by atoms with Crippen LogP contribution in [0.1, 0.15) is 51.4 Å². The lowest BCUT2D eigenvalue weighted by Crippen LogP contribution is -2.46. The maximum absolute atomic E-state index is 11.6. The maximum atomic E-state index is 11.6. The van der Waals surface area contributed by atoms with Gasteiger partial charge >= 0.3 is 0 Å². The van der Waals surface area contributed by atoms with Crippen LogP contribution in [0.15, 0.2) is 4.99 Å². The minimum absolute atomic E-state index is 0.195. The summed E-state index contributed by atoms with van der Waals surface area (Å²) < 4.78 is 23.2. The van der Waals surface area contributed by atoms with Crippen LogP contribution in [0, 0.1) is 5.92 Å². The average Bonchev–Trinajstić information content (AvgIpc) is 3.20. The number of guanidine groups is 1. The lowest BCUT2D eigenvalue weighted by atomic mass is 9.96. The molecule has 2 N–H and O–H groups in total. The number of thioether (sulfide) groups is 1. The summed E-state index contributed by atoms with van der Waals surface area (Å²) in [5, 5.41) is 7.82. The average molecular weight is 374 g/mol. The van der Waals surface area contributed by atoms with E-state index < -0.39 is 9.84 Å². The van der Waals surface area contributed by atoms with E-state index in [9.17, 15) is 8.42 Å². The zero-order valence-electron chi connectivity index (χ0n) is 14.5. The molecule has 24 heavy (non-hydrogen) atoms. The third-order valence-corrected chi connectivity index (χ3v) is 8.54. The Hall–Kier alpha value is -0.430. The van der Waals surface area contributed by atoms with Crippen molar-refractivity contribution in [3.8, 4) is 0 Å². The molecule has 3 fully saturated rings. The summed E-state index contributed by atoms with van der Waals surface area (Å²) in [7, 11) is -2.81. The molecule has 2 atom stereocenters. The van der Waals surface area contributed by atoms with Gasteiger partial charge in [-0.3, -0.25) is 4.99 Å². The Balaban J connectivity index is 1.53. The van der Waals surface area contributed by atoms with Crippen molar-refractivity contribution in [3.63, 3.8) is 0 Å². The number of nitrogens with one attached hydrogen (secondary N) is 2. The number of rotatable bonds is 5. The number of hydrogen-bond acceptors (Lipinski definition) is 4. The molecular weight excluding hydrogens is 342 g/mol. The van der Waals surface area contributed by atoms with E-state index in [1.54, 1.807) is 0 Å². The standard InChI is InChI=1S/C17H31N3O2S2/c21-24(22)10-8-14(13-24)11-18-17(19-12-16-7-4-9-23-16)20-15-5-2-1-3-6-15/h14-16H,1-13H2,(H2,18,19,20). The predicted molar refractivity (Wildman–Crippen MR) is 103 cm³/mol. The first-order chi connectivity index (χ1) is 11.6. The quantitative estimate of drug-likeness (QED) is 0.571. The molecule has 0 spiro atoms. The SMILES string of the molecule is O=S1(=O)CCC(CN=C(NCC2CCCS2)NC2CCCCC2)C1. The van der Waals surface area contributed by atoms with E-state index in [1.807, 2.05) is 11.8 Å². The third kappa shape index (κ3) is 5.83. The second-order valence-electron chi connectivity index (χ2n) is 7.45. The zero-order chi connectivity index (χ0) is 16.8. The smallest absolute Gasteiger partial charge is 0.191 e. The predicted octanol–water partition coefficient (Wildman–Crippen LogP) is 2.18. The van der Waals surface area contributed by atoms with Gasteiger partial charge in [-0.1, -0.05) is 19.3 Å². The summed E-state index contributed by atoms with van der Waals surface area (Å²) in [6.45, 7) is 1.59. The van der Waals surface area contributed by atoms with Gasteiger partial charge in [-0.2, -0.15) is 11.8 Å². The molecule has 3 aliphatic rings. The van der Waals surface area contributed by atoms with Crippen LogP contribution in [0.25, 0.3) is 0 Å². The van der Waals surface area contributed by atoms with E-state index in [-0.39, 0.29) is 5.92 Å². The van der Waals surface area contributed by atoms with Gasteiger partial charge in [0.05, 0.1) is 11.5 Å². The minimum Gasteiger partial charge on any atom is -0.355 e. The van der Waals surface area contributed by atoms with Crippen molar-refractivity contribution in [2.24, 2.45) is 10.9 Å². The molecule has 2 heterocycles. The van der Waals surface area contributed by atoms with Crippen LogP contribution < -0.4 is 10.6 Å². The molecule has 0 bridgehead atoms. The summed E-state index contributed by atoms with van der Waals surface area (Å²) in [4.78, 5) is 4.75. The normalized spacial score (nSPS) is 31.2. The van der Waals surface area contributed by atoms with Crippen molar-refractivity contribution in [2.75, 3.05) is 30.3 Å². The van der Waals surface area contributed by atoms with E-state index in [1.165, 1.54) is 50.7 Å². The van der Waals surface area contributed by atoms with Gasteiger partial charge in [-0.05, 0) is 43.8 Å². The summed E-state index contributed by atoms with van der Waals surface area (Å²) in [5.41, 5.74) is 0. The van der Waals surface area contributed by atoms with Crippen LogP contribution in [0.4, 0.5) is 0 Å². The minimum atomic E-state index is -2.81. The second kappa shape index (κ2) is 8.79. The first-order valence-electron chi connectivity index (χ1n) is 9.47. The van der Waals surface area contributed by atoms with Crippen molar-refractivity contribution in [2.45, 2.75) is 62.7 Å². The first kappa shape index (κ1) is 18.4. The third-order valence-electron chi connectivity index (χ3n) is 5.30. The Bertz CT molecular complexity index is 524. The molecule has 1 saturated carbocycles. The van der Waals surface area contributed by atoms with E-state index >= 15 is 0 Å². The number of aliphatic imine (C=N–C) groups is 1. The molecule has 1 aliphatic carbocycles. The zero-order valence-corrected chi connectivity index (χ0v) is 16.1. The Morgan fingerprint density at radius 1 is 1.08 bits per heavy atom. The van der Waals surface area contributed by atoms with Gasteiger partial charge in [0.25, 0.3) is 0 Å². The van der Waals surface area contributed by atoms with Crippen molar-refractivity contribution < 1.29 is 8.42 Å². The van der Waals surface area contributed by atoms with E-state index in [0.717, 1.165) is 18.9 Å². The molecular formula is C17H31N3O2S2. The largest absolute Gasteiger partial charge is 0.355 e. The molecule has 2 unspecified atom stereocenters. The summed E-state index contributed by atoms with van der Waals surface area (Å²) in [5.74, 6) is 3.02. The molecule has 0 radical (unpaired) electrons. The molecule has 138 valence electrons. The van der Waals surface area contributed by atoms with Crippen LogP contribution in [0.5, 0.6) is 0 Å². The monoisotopic (exact) mass is 373 g/mol. The molecule has 2 aliphatic heterocycles. The Kier molecular flexibility index (Phi) is 6.72. The van der Waals surface area contributed by atoms with Crippen LogP contribution >= 0.6 is 11.8 Å². The van der Waals surface area contributed by atoms with Crippen molar-refractivity contribution in [1.82, 2.24) is 10.6 Å². The van der Waals surface area contributed by atoms with Crippen LogP contribution in [0.3, 0.4) is 0 Å². The molecule has 3 rings (SSSR count). The highest BCUT2D eigenvalue weighted by Gasteiger charge is 2.27. The summed E-state index contributed by atoms with van der Waals surface area (Å²) in [6, 6.07) is 0.522. The van der Waals surface area contributed by atoms with Gasteiger partial charge in [0.15, 0.2) is 15.8 Å². The first-order valence-corrected chi connectivity index (χ1v) is 12.3. The highest BCUT2D eigenvalue weighted by atomic mass is 32.2. The summed E-state index contributed by atoms with van der Waals surface area (Å²) >= 11 is 2.05.